The third kappa shape index (κ3) is 3.30. The van der Waals surface area contributed by atoms with E-state index in [1.54, 1.807) is 18.2 Å². The van der Waals surface area contributed by atoms with Gasteiger partial charge in [-0.2, -0.15) is 9.19 Å². The molecule has 134 valence electrons. The van der Waals surface area contributed by atoms with Crippen LogP contribution in [0, 0.1) is 0 Å². The molecule has 0 atom stereocenters. The molecule has 0 spiro atoms. The van der Waals surface area contributed by atoms with Crippen LogP contribution in [0.2, 0.25) is 0 Å². The molecule has 4 rings (SSSR count). The van der Waals surface area contributed by atoms with E-state index in [1.165, 1.54) is 12.4 Å². The number of nitrogen functional groups attached to an aromatic ring is 1. The fourth-order valence-electron chi connectivity index (χ4n) is 2.74. The van der Waals surface area contributed by atoms with Crippen molar-refractivity contribution in [2.24, 2.45) is 0 Å². The lowest BCUT2D eigenvalue weighted by atomic mass is 10.1. The Morgan fingerprint density at radius 1 is 1.15 bits per heavy atom. The summed E-state index contributed by atoms with van der Waals surface area (Å²) in [7, 11) is -3.40. The Kier molecular flexibility index (Phi) is 4.16. The predicted octanol–water partition coefficient (Wildman–Crippen LogP) is 3.05. The molecular formula is C19H19N3O3S. The molecule has 1 aromatic heterocycles. The molecule has 0 saturated heterocycles. The van der Waals surface area contributed by atoms with Crippen LogP contribution in [0.15, 0.2) is 60.9 Å². The number of nitrogens with two attached hydrogens (primary N) is 1. The summed E-state index contributed by atoms with van der Waals surface area (Å²) >= 11 is 0. The second-order valence-electron chi connectivity index (χ2n) is 6.38. The van der Waals surface area contributed by atoms with Gasteiger partial charge >= 0.3 is 0 Å². The van der Waals surface area contributed by atoms with E-state index < -0.39 is 10.0 Å². The van der Waals surface area contributed by atoms with Crippen LogP contribution in [0.4, 0.5) is 5.69 Å². The number of anilines is 1. The van der Waals surface area contributed by atoms with E-state index in [0.29, 0.717) is 36.4 Å². The van der Waals surface area contributed by atoms with Crippen LogP contribution in [0.3, 0.4) is 0 Å². The molecule has 1 fully saturated rings. The first-order chi connectivity index (χ1) is 12.5. The third-order valence-corrected chi connectivity index (χ3v) is 6.35. The van der Waals surface area contributed by atoms with Gasteiger partial charge in [-0.05, 0) is 36.6 Å². The maximum atomic E-state index is 12.3. The molecule has 1 saturated carbocycles. The van der Waals surface area contributed by atoms with E-state index in [-0.39, 0.29) is 5.25 Å². The summed E-state index contributed by atoms with van der Waals surface area (Å²) < 4.78 is 31.7. The molecule has 1 aliphatic rings. The van der Waals surface area contributed by atoms with Crippen LogP contribution >= 0.6 is 0 Å². The molecule has 26 heavy (non-hydrogen) atoms. The maximum absolute atomic E-state index is 12.3. The number of rotatable bonds is 6. The number of benzene rings is 2. The van der Waals surface area contributed by atoms with Crippen LogP contribution < -0.4 is 10.5 Å². The molecule has 0 bridgehead atoms. The minimum atomic E-state index is -3.40. The number of aromatic nitrogens is 2. The number of nitrogens with zero attached hydrogens (tertiary/aromatic N) is 2. The summed E-state index contributed by atoms with van der Waals surface area (Å²) in [6, 6.07) is 15.1. The summed E-state index contributed by atoms with van der Waals surface area (Å²) in [5, 5.41) is 3.73. The lowest BCUT2D eigenvalue weighted by Gasteiger charge is -2.11. The Bertz CT molecular complexity index is 1030. The molecular weight excluding hydrogens is 350 g/mol. The topological polar surface area (TPSA) is 87.2 Å². The van der Waals surface area contributed by atoms with Crippen molar-refractivity contribution in [3.8, 4) is 16.9 Å². The fourth-order valence-corrected chi connectivity index (χ4v) is 4.21. The molecule has 0 unspecified atom stereocenters. The first-order valence-corrected chi connectivity index (χ1v) is 9.90. The third-order valence-electron chi connectivity index (χ3n) is 4.32. The van der Waals surface area contributed by atoms with E-state index in [0.717, 1.165) is 15.2 Å². The SMILES string of the molecule is Nc1ccc(OCc2ccccc2)c(-c2cnn(S(=O)(=O)C3CC3)c2)c1. The normalized spacial score (nSPS) is 14.3. The van der Waals surface area contributed by atoms with Crippen LogP contribution in [0.5, 0.6) is 5.75 Å². The van der Waals surface area contributed by atoms with Gasteiger partial charge in [-0.25, -0.2) is 8.42 Å². The molecule has 0 amide bonds. The van der Waals surface area contributed by atoms with Gasteiger partial charge in [0.15, 0.2) is 0 Å². The average molecular weight is 369 g/mol. The first kappa shape index (κ1) is 16.7. The Morgan fingerprint density at radius 3 is 2.65 bits per heavy atom. The highest BCUT2D eigenvalue weighted by Crippen LogP contribution is 2.34. The van der Waals surface area contributed by atoms with E-state index in [2.05, 4.69) is 5.10 Å². The van der Waals surface area contributed by atoms with Gasteiger partial charge in [0.25, 0.3) is 10.0 Å². The standard InChI is InChI=1S/C19H19N3O3S/c20-16-6-9-19(25-13-14-4-2-1-3-5-14)18(10-16)15-11-21-22(12-15)26(23,24)17-7-8-17/h1-6,9-12,17H,7-8,13,20H2. The molecule has 1 aliphatic carbocycles. The number of hydrogen-bond acceptors (Lipinski definition) is 5. The number of hydrogen-bond donors (Lipinski definition) is 1. The highest BCUT2D eigenvalue weighted by atomic mass is 32.2. The molecule has 0 radical (unpaired) electrons. The minimum Gasteiger partial charge on any atom is -0.488 e. The highest BCUT2D eigenvalue weighted by molar-refractivity contribution is 7.90. The van der Waals surface area contributed by atoms with Crippen LogP contribution in [-0.2, 0) is 16.6 Å². The van der Waals surface area contributed by atoms with Crippen molar-refractivity contribution in [3.05, 3.63) is 66.5 Å². The monoisotopic (exact) mass is 369 g/mol. The van der Waals surface area contributed by atoms with Gasteiger partial charge in [0, 0.05) is 16.8 Å². The molecule has 1 heterocycles. The van der Waals surface area contributed by atoms with Crippen molar-refractivity contribution in [3.63, 3.8) is 0 Å². The lowest BCUT2D eigenvalue weighted by Crippen LogP contribution is -2.17. The van der Waals surface area contributed by atoms with Gasteiger partial charge in [0.2, 0.25) is 0 Å². The van der Waals surface area contributed by atoms with E-state index in [1.807, 2.05) is 30.3 Å². The van der Waals surface area contributed by atoms with E-state index in [4.69, 9.17) is 10.5 Å². The molecule has 2 aromatic carbocycles. The fraction of sp³-hybridized carbons (Fsp3) is 0.211. The van der Waals surface area contributed by atoms with Gasteiger partial charge < -0.3 is 10.5 Å². The van der Waals surface area contributed by atoms with Crippen molar-refractivity contribution in [2.45, 2.75) is 24.7 Å². The Hall–Kier alpha value is -2.80. The van der Waals surface area contributed by atoms with Gasteiger partial charge in [-0.1, -0.05) is 30.3 Å². The average Bonchev–Trinajstić information content (AvgIpc) is 3.39. The van der Waals surface area contributed by atoms with Crippen LogP contribution in [0.1, 0.15) is 18.4 Å². The minimum absolute atomic E-state index is 0.315. The zero-order valence-corrected chi connectivity index (χ0v) is 14.9. The second kappa shape index (κ2) is 6.49. The van der Waals surface area contributed by atoms with E-state index in [9.17, 15) is 8.42 Å². The summed E-state index contributed by atoms with van der Waals surface area (Å²) in [5.41, 5.74) is 8.92. The smallest absolute Gasteiger partial charge is 0.256 e. The first-order valence-electron chi connectivity index (χ1n) is 8.40. The summed E-state index contributed by atoms with van der Waals surface area (Å²) in [4.78, 5) is 0. The van der Waals surface area contributed by atoms with Crippen molar-refractivity contribution in [1.29, 1.82) is 0 Å². The zero-order valence-electron chi connectivity index (χ0n) is 14.1. The number of ether oxygens (including phenoxy) is 1. The van der Waals surface area contributed by atoms with Crippen LogP contribution in [0.25, 0.3) is 11.1 Å². The van der Waals surface area contributed by atoms with Gasteiger partial charge in [-0.15, -0.1) is 0 Å². The molecule has 6 nitrogen and oxygen atoms in total. The second-order valence-corrected chi connectivity index (χ2v) is 8.45. The summed E-state index contributed by atoms with van der Waals surface area (Å²) in [5.74, 6) is 0.631. The Labute approximate surface area is 152 Å². The molecule has 2 N–H and O–H groups in total. The highest BCUT2D eigenvalue weighted by Gasteiger charge is 2.37. The summed E-state index contributed by atoms with van der Waals surface area (Å²) in [6.45, 7) is 0.409. The van der Waals surface area contributed by atoms with Crippen molar-refractivity contribution < 1.29 is 13.2 Å². The zero-order chi connectivity index (χ0) is 18.1. The molecule has 7 heteroatoms. The quantitative estimate of drug-likeness (QED) is 0.675. The van der Waals surface area contributed by atoms with Crippen molar-refractivity contribution in [1.82, 2.24) is 9.19 Å². The molecule has 0 aliphatic heterocycles. The van der Waals surface area contributed by atoms with Crippen LogP contribution in [-0.4, -0.2) is 22.9 Å². The van der Waals surface area contributed by atoms with Crippen molar-refractivity contribution in [2.75, 3.05) is 5.73 Å². The van der Waals surface area contributed by atoms with E-state index >= 15 is 0 Å². The molecule has 3 aromatic rings. The maximum Gasteiger partial charge on any atom is 0.256 e. The largest absolute Gasteiger partial charge is 0.488 e. The predicted molar refractivity (Wildman–Crippen MR) is 100 cm³/mol. The van der Waals surface area contributed by atoms with Gasteiger partial charge in [0.1, 0.15) is 12.4 Å². The Morgan fingerprint density at radius 2 is 1.92 bits per heavy atom. The van der Waals surface area contributed by atoms with Gasteiger partial charge in [-0.3, -0.25) is 0 Å². The van der Waals surface area contributed by atoms with Crippen molar-refractivity contribution >= 4 is 15.7 Å². The lowest BCUT2D eigenvalue weighted by molar-refractivity contribution is 0.307. The van der Waals surface area contributed by atoms with Gasteiger partial charge in [0.05, 0.1) is 17.6 Å². The summed E-state index contributed by atoms with van der Waals surface area (Å²) in [6.07, 6.45) is 4.45. The Balaban J connectivity index is 1.63.